The summed E-state index contributed by atoms with van der Waals surface area (Å²) in [6.45, 7) is 3.08. The molecular formula is C28H37F2N3O6. The van der Waals surface area contributed by atoms with E-state index in [0.717, 1.165) is 0 Å². The molecular weight excluding hydrogens is 512 g/mol. The average Bonchev–Trinajstić information content (AvgIpc) is 3.16. The normalized spacial score (nSPS) is 30.6. The third-order valence-corrected chi connectivity index (χ3v) is 8.50. The number of carbonyl (C=O) groups excluding carboxylic acids is 2. The van der Waals surface area contributed by atoms with E-state index < -0.39 is 52.4 Å². The number of nitrogens with two attached hydrogens (primary N) is 1. The van der Waals surface area contributed by atoms with Gasteiger partial charge in [-0.2, -0.15) is 0 Å². The van der Waals surface area contributed by atoms with Crippen molar-refractivity contribution >= 4 is 17.4 Å². The molecule has 1 aromatic rings. The van der Waals surface area contributed by atoms with Crippen molar-refractivity contribution in [2.75, 3.05) is 27.2 Å². The van der Waals surface area contributed by atoms with E-state index in [4.69, 9.17) is 5.73 Å². The van der Waals surface area contributed by atoms with Crippen LogP contribution in [0.2, 0.25) is 0 Å². The fourth-order valence-electron chi connectivity index (χ4n) is 6.83. The molecule has 214 valence electrons. The number of phenolic OH excluding ortho intramolecular Hbond substituents is 1. The van der Waals surface area contributed by atoms with Gasteiger partial charge in [0, 0.05) is 25.1 Å². The fourth-order valence-corrected chi connectivity index (χ4v) is 6.83. The van der Waals surface area contributed by atoms with Crippen molar-refractivity contribution in [1.29, 1.82) is 0 Å². The molecule has 11 heteroatoms. The summed E-state index contributed by atoms with van der Waals surface area (Å²) in [5, 5.41) is 44.6. The zero-order valence-electron chi connectivity index (χ0n) is 22.7. The van der Waals surface area contributed by atoms with Gasteiger partial charge >= 0.3 is 0 Å². The Hall–Kier alpha value is -3.02. The van der Waals surface area contributed by atoms with Crippen molar-refractivity contribution in [3.05, 3.63) is 45.7 Å². The van der Waals surface area contributed by atoms with E-state index in [9.17, 15) is 38.8 Å². The van der Waals surface area contributed by atoms with Gasteiger partial charge in [0.1, 0.15) is 22.9 Å². The lowest BCUT2D eigenvalue weighted by atomic mass is 9.59. The Labute approximate surface area is 226 Å². The number of likely N-dealkylation sites (tertiary alicyclic amines) is 1. The molecule has 4 rings (SSSR count). The third kappa shape index (κ3) is 4.92. The van der Waals surface area contributed by atoms with Crippen molar-refractivity contribution in [2.24, 2.45) is 17.6 Å². The number of rotatable bonds is 6. The summed E-state index contributed by atoms with van der Waals surface area (Å²) in [6.07, 6.45) is 0.493. The topological polar surface area (TPSA) is 148 Å². The van der Waals surface area contributed by atoms with Crippen LogP contribution in [-0.4, -0.2) is 86.7 Å². The molecule has 0 bridgehead atoms. The molecule has 1 saturated carbocycles. The lowest BCUT2D eigenvalue weighted by Gasteiger charge is -2.50. The second-order valence-corrected chi connectivity index (χ2v) is 11.3. The molecule has 1 heterocycles. The summed E-state index contributed by atoms with van der Waals surface area (Å²) in [7, 11) is 3.36. The Morgan fingerprint density at radius 2 is 1.92 bits per heavy atom. The molecule has 0 aromatic heterocycles. The lowest BCUT2D eigenvalue weighted by Crippen LogP contribution is -2.60. The van der Waals surface area contributed by atoms with Crippen LogP contribution in [0.5, 0.6) is 5.75 Å². The first kappa shape index (κ1) is 29.0. The summed E-state index contributed by atoms with van der Waals surface area (Å²) < 4.78 is 27.6. The Morgan fingerprint density at radius 1 is 1.26 bits per heavy atom. The van der Waals surface area contributed by atoms with Crippen LogP contribution in [0.1, 0.15) is 49.8 Å². The molecule has 6 N–H and O–H groups in total. The largest absolute Gasteiger partial charge is 0.510 e. The van der Waals surface area contributed by atoms with Gasteiger partial charge in [0.25, 0.3) is 11.8 Å². The minimum Gasteiger partial charge on any atom is -0.510 e. The maximum atomic E-state index is 14.0. The van der Waals surface area contributed by atoms with Crippen LogP contribution in [0.15, 0.2) is 29.0 Å². The van der Waals surface area contributed by atoms with Gasteiger partial charge < -0.3 is 26.2 Å². The number of aliphatic hydroxyl groups is 3. The quantitative estimate of drug-likeness (QED) is 0.269. The molecule has 39 heavy (non-hydrogen) atoms. The third-order valence-electron chi connectivity index (χ3n) is 8.50. The highest BCUT2D eigenvalue weighted by Crippen LogP contribution is 2.50. The van der Waals surface area contributed by atoms with Crippen LogP contribution < -0.4 is 5.73 Å². The SMILES string of the molecule is CCc1c(CN2CCC(F)(F)C2)ccc(O)c1C(O)=C1CCC2C(C1=O)[C@](C)(O)C(C(N)=O)=C(O)[C@H]2N(C)C. The van der Waals surface area contributed by atoms with Crippen molar-refractivity contribution in [2.45, 2.75) is 63.6 Å². The molecule has 4 atom stereocenters. The zero-order chi connectivity index (χ0) is 29.0. The number of amides is 1. The van der Waals surface area contributed by atoms with Gasteiger partial charge in [-0.05, 0) is 63.4 Å². The Morgan fingerprint density at radius 3 is 2.46 bits per heavy atom. The smallest absolute Gasteiger partial charge is 0.261 e. The number of alkyl halides is 2. The molecule has 3 aliphatic rings. The average molecular weight is 550 g/mol. The van der Waals surface area contributed by atoms with Crippen LogP contribution in [0.25, 0.3) is 5.76 Å². The van der Waals surface area contributed by atoms with Crippen LogP contribution in [-0.2, 0) is 22.6 Å². The van der Waals surface area contributed by atoms with Gasteiger partial charge in [0.2, 0.25) is 0 Å². The number of carbonyl (C=O) groups is 2. The number of benzene rings is 1. The Kier molecular flexibility index (Phi) is 7.57. The molecule has 2 fully saturated rings. The summed E-state index contributed by atoms with van der Waals surface area (Å²) in [5.41, 5.74) is 4.18. The second-order valence-electron chi connectivity index (χ2n) is 11.3. The van der Waals surface area contributed by atoms with E-state index in [-0.39, 0.29) is 61.5 Å². The monoisotopic (exact) mass is 549 g/mol. The van der Waals surface area contributed by atoms with Gasteiger partial charge in [0.15, 0.2) is 5.78 Å². The summed E-state index contributed by atoms with van der Waals surface area (Å²) in [5.74, 6) is -7.30. The highest BCUT2D eigenvalue weighted by atomic mass is 19.3. The van der Waals surface area contributed by atoms with Crippen LogP contribution in [0.3, 0.4) is 0 Å². The zero-order valence-corrected chi connectivity index (χ0v) is 22.7. The standard InChI is InChI=1S/C28H37F2N3O6/c1-5-15-14(12-33-11-10-28(29,30)13-33)6-9-18(34)19(15)23(35)17-8-7-16-20(24(17)36)27(2,39)21(26(31)38)25(37)22(16)32(3)4/h6,9,16,20,22,34-35,37,39H,5,7-8,10-13H2,1-4H3,(H2,31,38)/t16?,20?,22-,27-/m0/s1. The van der Waals surface area contributed by atoms with Gasteiger partial charge in [-0.3, -0.25) is 19.4 Å². The molecule has 2 aliphatic carbocycles. The number of phenols is 1. The van der Waals surface area contributed by atoms with E-state index in [0.29, 0.717) is 17.5 Å². The number of allylic oxidation sites excluding steroid dienone is 1. The molecule has 2 unspecified atom stereocenters. The maximum Gasteiger partial charge on any atom is 0.261 e. The number of fused-ring (bicyclic) bond motifs is 1. The van der Waals surface area contributed by atoms with Gasteiger partial charge in [-0.1, -0.05) is 13.0 Å². The van der Waals surface area contributed by atoms with Crippen LogP contribution in [0, 0.1) is 11.8 Å². The molecule has 1 amide bonds. The van der Waals surface area contributed by atoms with Gasteiger partial charge in [0.05, 0.1) is 29.6 Å². The number of likely N-dealkylation sites (N-methyl/N-ethyl adjacent to an activating group) is 1. The molecule has 1 aliphatic heterocycles. The highest BCUT2D eigenvalue weighted by molar-refractivity contribution is 6.07. The van der Waals surface area contributed by atoms with E-state index in [1.54, 1.807) is 36.9 Å². The Balaban J connectivity index is 1.79. The maximum absolute atomic E-state index is 14.0. The minimum absolute atomic E-state index is 0.0194. The number of aliphatic hydroxyl groups excluding tert-OH is 2. The Bertz CT molecular complexity index is 1260. The summed E-state index contributed by atoms with van der Waals surface area (Å²) in [6, 6.07) is 2.24. The van der Waals surface area contributed by atoms with Gasteiger partial charge in [-0.15, -0.1) is 0 Å². The number of primary amides is 1. The minimum atomic E-state index is -2.77. The van der Waals surface area contributed by atoms with Crippen molar-refractivity contribution in [3.63, 3.8) is 0 Å². The number of hydrogen-bond donors (Lipinski definition) is 5. The number of hydrogen-bond acceptors (Lipinski definition) is 8. The van der Waals surface area contributed by atoms with Gasteiger partial charge in [-0.25, -0.2) is 8.78 Å². The van der Waals surface area contributed by atoms with Crippen LogP contribution >= 0.6 is 0 Å². The van der Waals surface area contributed by atoms with Crippen molar-refractivity contribution in [3.8, 4) is 5.75 Å². The van der Waals surface area contributed by atoms with E-state index in [1.807, 2.05) is 0 Å². The number of halogens is 2. The van der Waals surface area contributed by atoms with Crippen molar-refractivity contribution < 1.29 is 38.8 Å². The first-order chi connectivity index (χ1) is 18.1. The predicted octanol–water partition coefficient (Wildman–Crippen LogP) is 2.65. The first-order valence-corrected chi connectivity index (χ1v) is 13.1. The van der Waals surface area contributed by atoms with Crippen molar-refractivity contribution in [1.82, 2.24) is 9.80 Å². The lowest BCUT2D eigenvalue weighted by molar-refractivity contribution is -0.137. The highest BCUT2D eigenvalue weighted by Gasteiger charge is 2.58. The second kappa shape index (κ2) is 10.2. The van der Waals surface area contributed by atoms with E-state index >= 15 is 0 Å². The summed E-state index contributed by atoms with van der Waals surface area (Å²) in [4.78, 5) is 29.5. The number of aromatic hydroxyl groups is 1. The molecule has 0 spiro atoms. The first-order valence-electron chi connectivity index (χ1n) is 13.1. The predicted molar refractivity (Wildman–Crippen MR) is 140 cm³/mol. The molecule has 1 aromatic carbocycles. The fraction of sp³-hybridized carbons (Fsp3) is 0.571. The summed E-state index contributed by atoms with van der Waals surface area (Å²) >= 11 is 0. The molecule has 9 nitrogen and oxygen atoms in total. The van der Waals surface area contributed by atoms with E-state index in [2.05, 4.69) is 0 Å². The number of Topliss-reactive ketones (excluding diaryl/α,β-unsaturated/α-hetero) is 1. The number of nitrogens with zero attached hydrogens (tertiary/aromatic N) is 2. The number of ketones is 1. The molecule has 1 saturated heterocycles. The van der Waals surface area contributed by atoms with Crippen LogP contribution in [0.4, 0.5) is 8.78 Å². The van der Waals surface area contributed by atoms with E-state index in [1.165, 1.54) is 13.0 Å². The molecule has 0 radical (unpaired) electrons.